The van der Waals surface area contributed by atoms with Gasteiger partial charge in [-0.2, -0.15) is 13.8 Å². The van der Waals surface area contributed by atoms with E-state index >= 15 is 0 Å². The number of ether oxygens (including phenoxy) is 3. The first-order valence-corrected chi connectivity index (χ1v) is 7.66. The zero-order chi connectivity index (χ0) is 18.5. The molecule has 3 rings (SSSR count). The molecule has 2 heterocycles. The van der Waals surface area contributed by atoms with Gasteiger partial charge in [0.15, 0.2) is 23.3 Å². The van der Waals surface area contributed by atoms with E-state index < -0.39 is 6.61 Å². The summed E-state index contributed by atoms with van der Waals surface area (Å²) in [5, 5.41) is 9.66. The van der Waals surface area contributed by atoms with E-state index in [2.05, 4.69) is 30.5 Å². The Labute approximate surface area is 147 Å². The van der Waals surface area contributed by atoms with Gasteiger partial charge in [0.05, 0.1) is 6.54 Å². The number of hydrogen-bond donors (Lipinski definition) is 2. The summed E-state index contributed by atoms with van der Waals surface area (Å²) in [5.74, 6) is 2.17. The molecule has 0 amide bonds. The highest BCUT2D eigenvalue weighted by atomic mass is 19.3. The number of rotatable bonds is 6. The van der Waals surface area contributed by atoms with Gasteiger partial charge in [0.2, 0.25) is 12.7 Å². The van der Waals surface area contributed by atoms with E-state index in [1.165, 1.54) is 6.07 Å². The Kier molecular flexibility index (Phi) is 5.34. The van der Waals surface area contributed by atoms with Crippen LogP contribution >= 0.6 is 0 Å². The predicted octanol–water partition coefficient (Wildman–Crippen LogP) is 1.57. The molecule has 1 aliphatic rings. The topological polar surface area (TPSA) is 103 Å². The van der Waals surface area contributed by atoms with Crippen LogP contribution in [-0.2, 0) is 13.1 Å². The van der Waals surface area contributed by atoms with Crippen LogP contribution in [0.5, 0.6) is 17.2 Å². The lowest BCUT2D eigenvalue weighted by Crippen LogP contribution is -2.36. The largest absolute Gasteiger partial charge is 0.454 e. The van der Waals surface area contributed by atoms with E-state index in [1.54, 1.807) is 20.0 Å². The third kappa shape index (κ3) is 4.29. The van der Waals surface area contributed by atoms with E-state index in [9.17, 15) is 8.78 Å². The van der Waals surface area contributed by atoms with E-state index in [0.717, 1.165) is 0 Å². The number of guanidine groups is 1. The van der Waals surface area contributed by atoms with Crippen LogP contribution in [0.3, 0.4) is 0 Å². The SMILES string of the molecule is CN=C(NCc1nc(C)no1)NCc1cc2c(cc1OC(F)F)OCO2. The van der Waals surface area contributed by atoms with Gasteiger partial charge in [0, 0.05) is 25.2 Å². The molecule has 0 unspecified atom stereocenters. The highest BCUT2D eigenvalue weighted by Gasteiger charge is 2.20. The first-order chi connectivity index (χ1) is 12.5. The van der Waals surface area contributed by atoms with Gasteiger partial charge in [0.1, 0.15) is 5.75 Å². The van der Waals surface area contributed by atoms with E-state index in [-0.39, 0.29) is 25.6 Å². The maximum atomic E-state index is 12.7. The molecule has 9 nitrogen and oxygen atoms in total. The standard InChI is InChI=1S/C15H17F2N5O4/c1-8-21-13(26-22-8)6-20-15(18-2)19-5-9-3-11-12(24-7-23-11)4-10(9)25-14(16)17/h3-4,14H,5-7H2,1-2H3,(H2,18,19,20). The van der Waals surface area contributed by atoms with Crippen molar-refractivity contribution >= 4 is 5.96 Å². The molecule has 0 saturated carbocycles. The number of fused-ring (bicyclic) bond motifs is 1. The summed E-state index contributed by atoms with van der Waals surface area (Å²) < 4.78 is 45.3. The molecule has 0 atom stereocenters. The second-order valence-electron chi connectivity index (χ2n) is 5.21. The van der Waals surface area contributed by atoms with Crippen molar-refractivity contribution in [2.75, 3.05) is 13.8 Å². The Bertz CT molecular complexity index is 796. The maximum Gasteiger partial charge on any atom is 0.387 e. The molecule has 0 radical (unpaired) electrons. The minimum atomic E-state index is -2.95. The fraction of sp³-hybridized carbons (Fsp3) is 0.400. The molecular weight excluding hydrogens is 352 g/mol. The molecular formula is C15H17F2N5O4. The third-order valence-electron chi connectivity index (χ3n) is 3.42. The Balaban J connectivity index is 1.65. The Morgan fingerprint density at radius 3 is 2.65 bits per heavy atom. The third-order valence-corrected chi connectivity index (χ3v) is 3.42. The van der Waals surface area contributed by atoms with Gasteiger partial charge in [0.25, 0.3) is 0 Å². The Morgan fingerprint density at radius 1 is 1.27 bits per heavy atom. The van der Waals surface area contributed by atoms with Gasteiger partial charge in [-0.1, -0.05) is 5.16 Å². The highest BCUT2D eigenvalue weighted by Crippen LogP contribution is 2.38. The molecule has 26 heavy (non-hydrogen) atoms. The van der Waals surface area contributed by atoms with Crippen molar-refractivity contribution in [1.29, 1.82) is 0 Å². The van der Waals surface area contributed by atoms with Crippen LogP contribution in [0, 0.1) is 6.92 Å². The zero-order valence-electron chi connectivity index (χ0n) is 14.1. The lowest BCUT2D eigenvalue weighted by Gasteiger charge is -2.14. The van der Waals surface area contributed by atoms with Crippen LogP contribution in [0.15, 0.2) is 21.6 Å². The van der Waals surface area contributed by atoms with Crippen molar-refractivity contribution in [2.24, 2.45) is 4.99 Å². The van der Waals surface area contributed by atoms with Crippen molar-refractivity contribution in [3.05, 3.63) is 29.4 Å². The molecule has 0 saturated heterocycles. The molecule has 0 aliphatic carbocycles. The van der Waals surface area contributed by atoms with Gasteiger partial charge in [-0.05, 0) is 13.0 Å². The van der Waals surface area contributed by atoms with E-state index in [1.807, 2.05) is 0 Å². The number of aliphatic imine (C=N–C) groups is 1. The van der Waals surface area contributed by atoms with Crippen molar-refractivity contribution in [2.45, 2.75) is 26.6 Å². The monoisotopic (exact) mass is 369 g/mol. The average Bonchev–Trinajstić information content (AvgIpc) is 3.22. The summed E-state index contributed by atoms with van der Waals surface area (Å²) >= 11 is 0. The number of halogens is 2. The van der Waals surface area contributed by atoms with Crippen molar-refractivity contribution in [1.82, 2.24) is 20.8 Å². The molecule has 1 aromatic carbocycles. The lowest BCUT2D eigenvalue weighted by molar-refractivity contribution is -0.0505. The minimum Gasteiger partial charge on any atom is -0.454 e. The van der Waals surface area contributed by atoms with Crippen LogP contribution in [0.4, 0.5) is 8.78 Å². The Hall–Kier alpha value is -3.11. The smallest absolute Gasteiger partial charge is 0.387 e. The number of nitrogens with zero attached hydrogens (tertiary/aromatic N) is 3. The molecule has 0 fully saturated rings. The normalized spacial score (nSPS) is 13.2. The second kappa shape index (κ2) is 7.85. The summed E-state index contributed by atoms with van der Waals surface area (Å²) in [7, 11) is 1.57. The van der Waals surface area contributed by atoms with Crippen LogP contribution < -0.4 is 24.8 Å². The van der Waals surface area contributed by atoms with Crippen molar-refractivity contribution < 1.29 is 27.5 Å². The molecule has 0 spiro atoms. The average molecular weight is 369 g/mol. The van der Waals surface area contributed by atoms with E-state index in [0.29, 0.717) is 34.7 Å². The first-order valence-electron chi connectivity index (χ1n) is 7.66. The van der Waals surface area contributed by atoms with Gasteiger partial charge in [-0.25, -0.2) is 0 Å². The summed E-state index contributed by atoms with van der Waals surface area (Å²) in [4.78, 5) is 8.11. The van der Waals surface area contributed by atoms with Crippen molar-refractivity contribution in [3.8, 4) is 17.2 Å². The van der Waals surface area contributed by atoms with Crippen molar-refractivity contribution in [3.63, 3.8) is 0 Å². The number of aromatic nitrogens is 2. The van der Waals surface area contributed by atoms with E-state index in [4.69, 9.17) is 14.0 Å². The lowest BCUT2D eigenvalue weighted by atomic mass is 10.1. The van der Waals surface area contributed by atoms with Crippen LogP contribution in [0.2, 0.25) is 0 Å². The van der Waals surface area contributed by atoms with Crippen LogP contribution in [0.1, 0.15) is 17.3 Å². The molecule has 2 aromatic rings. The van der Waals surface area contributed by atoms with Crippen LogP contribution in [-0.4, -0.2) is 36.6 Å². The zero-order valence-corrected chi connectivity index (χ0v) is 14.1. The van der Waals surface area contributed by atoms with Gasteiger partial charge < -0.3 is 29.4 Å². The number of alkyl halides is 2. The molecule has 1 aliphatic heterocycles. The maximum absolute atomic E-state index is 12.7. The number of aryl methyl sites for hydroxylation is 1. The fourth-order valence-corrected chi connectivity index (χ4v) is 2.28. The second-order valence-corrected chi connectivity index (χ2v) is 5.21. The first kappa shape index (κ1) is 17.7. The highest BCUT2D eigenvalue weighted by molar-refractivity contribution is 5.79. The summed E-state index contributed by atoms with van der Waals surface area (Å²) in [6.07, 6.45) is 0. The van der Waals surface area contributed by atoms with Gasteiger partial charge in [-0.3, -0.25) is 4.99 Å². The molecule has 0 bridgehead atoms. The predicted molar refractivity (Wildman–Crippen MR) is 85.3 cm³/mol. The quantitative estimate of drug-likeness (QED) is 0.584. The van der Waals surface area contributed by atoms with Crippen LogP contribution in [0.25, 0.3) is 0 Å². The van der Waals surface area contributed by atoms with Gasteiger partial charge in [-0.15, -0.1) is 0 Å². The molecule has 1 aromatic heterocycles. The minimum absolute atomic E-state index is 0.000251. The molecule has 11 heteroatoms. The summed E-state index contributed by atoms with van der Waals surface area (Å²) in [6.45, 7) is -0.770. The number of nitrogens with one attached hydrogen (secondary N) is 2. The summed E-state index contributed by atoms with van der Waals surface area (Å²) in [5.41, 5.74) is 0.464. The summed E-state index contributed by atoms with van der Waals surface area (Å²) in [6, 6.07) is 2.96. The van der Waals surface area contributed by atoms with Gasteiger partial charge >= 0.3 is 6.61 Å². The Morgan fingerprint density at radius 2 is 2.00 bits per heavy atom. The number of benzene rings is 1. The molecule has 140 valence electrons. The fourth-order valence-electron chi connectivity index (χ4n) is 2.28. The molecule has 2 N–H and O–H groups in total. The number of hydrogen-bond acceptors (Lipinski definition) is 7.